The van der Waals surface area contributed by atoms with Crippen LogP contribution in [0.4, 0.5) is 0 Å². The van der Waals surface area contributed by atoms with Crippen LogP contribution in [0, 0.1) is 5.92 Å². The molecule has 1 saturated heterocycles. The van der Waals surface area contributed by atoms with Gasteiger partial charge in [-0.1, -0.05) is 45.4 Å². The van der Waals surface area contributed by atoms with E-state index < -0.39 is 0 Å². The average molecular weight is 264 g/mol. The molecule has 2 aliphatic carbocycles. The highest BCUT2D eigenvalue weighted by atomic mass is 15.3. The van der Waals surface area contributed by atoms with Gasteiger partial charge in [-0.05, 0) is 38.1 Å². The van der Waals surface area contributed by atoms with E-state index in [1.165, 1.54) is 83.8 Å². The average Bonchev–Trinajstić information content (AvgIpc) is 2.49. The molecule has 3 fully saturated rings. The first kappa shape index (κ1) is 13.9. The molecule has 2 saturated carbocycles. The largest absolute Gasteiger partial charge is 0.308 e. The standard InChI is InChI=1S/C17H32N2/c1-2-19-14-17(11-7-4-8-12-17)18-13-16(19)15-9-5-3-6-10-15/h15-16,18H,2-14H2,1H3. The summed E-state index contributed by atoms with van der Waals surface area (Å²) in [4.78, 5) is 2.83. The van der Waals surface area contributed by atoms with Crippen LogP contribution >= 0.6 is 0 Å². The zero-order chi connectivity index (χ0) is 13.1. The van der Waals surface area contributed by atoms with Gasteiger partial charge in [-0.3, -0.25) is 4.90 Å². The molecule has 19 heavy (non-hydrogen) atoms. The molecule has 2 nitrogen and oxygen atoms in total. The number of piperazine rings is 1. The molecule has 2 heteroatoms. The molecule has 1 N–H and O–H groups in total. The minimum atomic E-state index is 0.486. The van der Waals surface area contributed by atoms with Crippen molar-refractivity contribution < 1.29 is 0 Å². The van der Waals surface area contributed by atoms with E-state index in [0.717, 1.165) is 12.0 Å². The number of likely N-dealkylation sites (N-methyl/N-ethyl adjacent to an activating group) is 1. The van der Waals surface area contributed by atoms with Gasteiger partial charge in [0, 0.05) is 24.7 Å². The molecule has 1 unspecified atom stereocenters. The normalized spacial score (nSPS) is 33.6. The Morgan fingerprint density at radius 3 is 2.37 bits per heavy atom. The van der Waals surface area contributed by atoms with Crippen molar-refractivity contribution in [2.45, 2.75) is 82.7 Å². The summed E-state index contributed by atoms with van der Waals surface area (Å²) in [6.07, 6.45) is 14.6. The van der Waals surface area contributed by atoms with Crippen LogP contribution in [0.15, 0.2) is 0 Å². The van der Waals surface area contributed by atoms with Crippen molar-refractivity contribution in [2.24, 2.45) is 5.92 Å². The van der Waals surface area contributed by atoms with Gasteiger partial charge in [-0.25, -0.2) is 0 Å². The van der Waals surface area contributed by atoms with Gasteiger partial charge >= 0.3 is 0 Å². The van der Waals surface area contributed by atoms with Gasteiger partial charge in [0.05, 0.1) is 0 Å². The maximum Gasteiger partial charge on any atom is 0.0309 e. The molecule has 1 atom stereocenters. The van der Waals surface area contributed by atoms with E-state index in [4.69, 9.17) is 0 Å². The maximum absolute atomic E-state index is 4.00. The van der Waals surface area contributed by atoms with E-state index in [1.807, 2.05) is 0 Å². The molecule has 0 aromatic carbocycles. The lowest BCUT2D eigenvalue weighted by Gasteiger charge is -2.52. The fraction of sp³-hybridized carbons (Fsp3) is 1.00. The summed E-state index contributed by atoms with van der Waals surface area (Å²) in [6, 6.07) is 0.831. The second-order valence-corrected chi connectivity index (χ2v) is 7.25. The monoisotopic (exact) mass is 264 g/mol. The summed E-state index contributed by atoms with van der Waals surface area (Å²) in [7, 11) is 0. The minimum absolute atomic E-state index is 0.486. The molecular weight excluding hydrogens is 232 g/mol. The van der Waals surface area contributed by atoms with Crippen LogP contribution in [-0.4, -0.2) is 36.1 Å². The molecule has 1 aliphatic heterocycles. The lowest BCUT2D eigenvalue weighted by Crippen LogP contribution is -2.66. The molecule has 0 aromatic rings. The Hall–Kier alpha value is -0.0800. The molecule has 1 heterocycles. The molecule has 0 radical (unpaired) electrons. The highest BCUT2D eigenvalue weighted by molar-refractivity contribution is 5.01. The van der Waals surface area contributed by atoms with Gasteiger partial charge in [0.1, 0.15) is 0 Å². The summed E-state index contributed by atoms with van der Waals surface area (Å²) < 4.78 is 0. The van der Waals surface area contributed by atoms with Crippen molar-refractivity contribution in [3.63, 3.8) is 0 Å². The van der Waals surface area contributed by atoms with Crippen LogP contribution in [0.3, 0.4) is 0 Å². The quantitative estimate of drug-likeness (QED) is 0.820. The van der Waals surface area contributed by atoms with Gasteiger partial charge in [-0.2, -0.15) is 0 Å². The number of nitrogens with zero attached hydrogens (tertiary/aromatic N) is 1. The van der Waals surface area contributed by atoms with E-state index in [9.17, 15) is 0 Å². The second-order valence-electron chi connectivity index (χ2n) is 7.25. The van der Waals surface area contributed by atoms with Gasteiger partial charge in [0.2, 0.25) is 0 Å². The fourth-order valence-corrected chi connectivity index (χ4v) is 4.91. The lowest BCUT2D eigenvalue weighted by atomic mass is 9.76. The van der Waals surface area contributed by atoms with Crippen molar-refractivity contribution in [2.75, 3.05) is 19.6 Å². The van der Waals surface area contributed by atoms with Gasteiger partial charge < -0.3 is 5.32 Å². The summed E-state index contributed by atoms with van der Waals surface area (Å²) in [5.74, 6) is 0.974. The Morgan fingerprint density at radius 2 is 1.68 bits per heavy atom. The summed E-state index contributed by atoms with van der Waals surface area (Å²) in [6.45, 7) is 6.21. The van der Waals surface area contributed by atoms with Crippen LogP contribution in [0.1, 0.15) is 71.1 Å². The van der Waals surface area contributed by atoms with Crippen molar-refractivity contribution >= 4 is 0 Å². The molecule has 3 aliphatic rings. The molecule has 0 aromatic heterocycles. The Morgan fingerprint density at radius 1 is 1.00 bits per heavy atom. The SMILES string of the molecule is CCN1CC2(CCCCC2)NCC1C1CCCCC1. The van der Waals surface area contributed by atoms with E-state index in [-0.39, 0.29) is 0 Å². The predicted molar refractivity (Wildman–Crippen MR) is 81.4 cm³/mol. The number of hydrogen-bond donors (Lipinski definition) is 1. The molecule has 1 spiro atoms. The van der Waals surface area contributed by atoms with Gasteiger partial charge in [0.15, 0.2) is 0 Å². The smallest absolute Gasteiger partial charge is 0.0309 e. The summed E-state index contributed by atoms with van der Waals surface area (Å²) in [5, 5.41) is 4.00. The number of nitrogens with one attached hydrogen (secondary N) is 1. The third-order valence-corrected chi connectivity index (χ3v) is 6.07. The van der Waals surface area contributed by atoms with E-state index in [0.29, 0.717) is 5.54 Å². The third kappa shape index (κ3) is 3.00. The van der Waals surface area contributed by atoms with Crippen molar-refractivity contribution in [1.82, 2.24) is 10.2 Å². The van der Waals surface area contributed by atoms with Crippen LogP contribution in [-0.2, 0) is 0 Å². The van der Waals surface area contributed by atoms with Crippen molar-refractivity contribution in [1.29, 1.82) is 0 Å². The van der Waals surface area contributed by atoms with Crippen LogP contribution in [0.2, 0.25) is 0 Å². The molecule has 3 rings (SSSR count). The molecule has 0 amide bonds. The zero-order valence-corrected chi connectivity index (χ0v) is 12.8. The first-order valence-corrected chi connectivity index (χ1v) is 8.82. The summed E-state index contributed by atoms with van der Waals surface area (Å²) in [5.41, 5.74) is 0.486. The van der Waals surface area contributed by atoms with E-state index in [2.05, 4.69) is 17.1 Å². The van der Waals surface area contributed by atoms with Crippen LogP contribution in [0.25, 0.3) is 0 Å². The Kier molecular flexibility index (Phi) is 4.48. The van der Waals surface area contributed by atoms with E-state index >= 15 is 0 Å². The zero-order valence-electron chi connectivity index (χ0n) is 12.8. The minimum Gasteiger partial charge on any atom is -0.308 e. The van der Waals surface area contributed by atoms with Gasteiger partial charge in [0.25, 0.3) is 0 Å². The molecule has 0 bridgehead atoms. The van der Waals surface area contributed by atoms with Crippen LogP contribution < -0.4 is 5.32 Å². The highest BCUT2D eigenvalue weighted by Crippen LogP contribution is 2.36. The van der Waals surface area contributed by atoms with E-state index in [1.54, 1.807) is 0 Å². The first-order valence-electron chi connectivity index (χ1n) is 8.82. The Balaban J connectivity index is 1.64. The maximum atomic E-state index is 4.00. The predicted octanol–water partition coefficient (Wildman–Crippen LogP) is 3.56. The second kappa shape index (κ2) is 6.13. The van der Waals surface area contributed by atoms with Crippen LogP contribution in [0.5, 0.6) is 0 Å². The lowest BCUT2D eigenvalue weighted by molar-refractivity contribution is 0.0246. The van der Waals surface area contributed by atoms with Crippen molar-refractivity contribution in [3.8, 4) is 0 Å². The topological polar surface area (TPSA) is 15.3 Å². The fourth-order valence-electron chi connectivity index (χ4n) is 4.91. The van der Waals surface area contributed by atoms with Crippen molar-refractivity contribution in [3.05, 3.63) is 0 Å². The Bertz CT molecular complexity index is 277. The summed E-state index contributed by atoms with van der Waals surface area (Å²) >= 11 is 0. The number of hydrogen-bond acceptors (Lipinski definition) is 2. The Labute approximate surface area is 119 Å². The highest BCUT2D eigenvalue weighted by Gasteiger charge is 2.41. The number of rotatable bonds is 2. The molecular formula is C17H32N2. The first-order chi connectivity index (χ1) is 9.33. The third-order valence-electron chi connectivity index (χ3n) is 6.07. The van der Waals surface area contributed by atoms with Gasteiger partial charge in [-0.15, -0.1) is 0 Å². The molecule has 110 valence electrons.